The molecule has 0 amide bonds. The molecule has 2 fully saturated rings. The highest BCUT2D eigenvalue weighted by Gasteiger charge is 2.53. The molecule has 0 bridgehead atoms. The van der Waals surface area contributed by atoms with Crippen molar-refractivity contribution in [1.29, 1.82) is 0 Å². The van der Waals surface area contributed by atoms with Gasteiger partial charge in [-0.05, 0) is 36.4 Å². The molecule has 2 heterocycles. The minimum atomic E-state index is -1.89. The van der Waals surface area contributed by atoms with Gasteiger partial charge in [0.25, 0.3) is 0 Å². The summed E-state index contributed by atoms with van der Waals surface area (Å²) in [6.45, 7) is -0.128. The van der Waals surface area contributed by atoms with Crippen molar-refractivity contribution in [3.63, 3.8) is 0 Å². The number of ether oxygens (including phenoxy) is 7. The fourth-order valence-corrected chi connectivity index (χ4v) is 5.22. The van der Waals surface area contributed by atoms with Crippen LogP contribution in [0, 0.1) is 0 Å². The molecule has 2 saturated heterocycles. The number of esters is 4. The van der Waals surface area contributed by atoms with E-state index in [9.17, 15) is 34.5 Å². The molecule has 48 heavy (non-hydrogen) atoms. The van der Waals surface area contributed by atoms with Crippen molar-refractivity contribution in [3.8, 4) is 0 Å². The molecular formula is C34H34O14. The lowest BCUT2D eigenvalue weighted by molar-refractivity contribution is -0.349. The van der Waals surface area contributed by atoms with Gasteiger partial charge in [0, 0.05) is 6.92 Å². The first-order chi connectivity index (χ1) is 23.2. The third-order valence-electron chi connectivity index (χ3n) is 7.57. The summed E-state index contributed by atoms with van der Waals surface area (Å²) < 4.78 is 39.8. The maximum absolute atomic E-state index is 13.4. The molecule has 0 spiro atoms. The van der Waals surface area contributed by atoms with Crippen molar-refractivity contribution in [2.45, 2.75) is 62.2 Å². The third kappa shape index (κ3) is 8.23. The van der Waals surface area contributed by atoms with Gasteiger partial charge in [-0.15, -0.1) is 0 Å². The SMILES string of the molecule is CC(=O)O[C@H]1[C@H](O)[C@@H](CO)O[C@H](O)[C@H]1O[C@@H]1OC[C@@H](OC(=O)c2ccccc2)[C@H](OC(=O)c2ccccc2)[C@H]1OC(=O)c1ccccc1. The van der Waals surface area contributed by atoms with E-state index in [1.807, 2.05) is 0 Å². The van der Waals surface area contributed by atoms with Gasteiger partial charge >= 0.3 is 23.9 Å². The molecule has 0 aliphatic carbocycles. The first-order valence-corrected chi connectivity index (χ1v) is 15.0. The first kappa shape index (κ1) is 34.6. The average Bonchev–Trinajstić information content (AvgIpc) is 3.10. The minimum Gasteiger partial charge on any atom is -0.457 e. The van der Waals surface area contributed by atoms with Gasteiger partial charge in [-0.2, -0.15) is 0 Å². The van der Waals surface area contributed by atoms with Gasteiger partial charge in [-0.1, -0.05) is 54.6 Å². The number of hydrogen-bond acceptors (Lipinski definition) is 14. The largest absolute Gasteiger partial charge is 0.457 e. The number of hydrogen-bond donors (Lipinski definition) is 3. The average molecular weight is 667 g/mol. The van der Waals surface area contributed by atoms with Crippen LogP contribution >= 0.6 is 0 Å². The highest BCUT2D eigenvalue weighted by atomic mass is 16.8. The van der Waals surface area contributed by atoms with E-state index >= 15 is 0 Å². The molecule has 0 aromatic heterocycles. The van der Waals surface area contributed by atoms with Crippen molar-refractivity contribution in [3.05, 3.63) is 108 Å². The summed E-state index contributed by atoms with van der Waals surface area (Å²) in [7, 11) is 0. The Hall–Kier alpha value is -4.70. The van der Waals surface area contributed by atoms with E-state index in [0.717, 1.165) is 6.92 Å². The van der Waals surface area contributed by atoms with Crippen molar-refractivity contribution in [1.82, 2.24) is 0 Å². The molecule has 14 nitrogen and oxygen atoms in total. The van der Waals surface area contributed by atoms with Crippen LogP contribution in [0.4, 0.5) is 0 Å². The summed E-state index contributed by atoms with van der Waals surface area (Å²) in [5, 5.41) is 31.3. The summed E-state index contributed by atoms with van der Waals surface area (Å²) in [6, 6.07) is 23.7. The minimum absolute atomic E-state index is 0.104. The molecule has 254 valence electrons. The number of benzene rings is 3. The van der Waals surface area contributed by atoms with Gasteiger partial charge < -0.3 is 48.5 Å². The quantitative estimate of drug-likeness (QED) is 0.208. The van der Waals surface area contributed by atoms with Crippen LogP contribution < -0.4 is 0 Å². The highest BCUT2D eigenvalue weighted by molar-refractivity contribution is 5.91. The number of aliphatic hydroxyl groups excluding tert-OH is 3. The highest BCUT2D eigenvalue weighted by Crippen LogP contribution is 2.32. The molecule has 0 unspecified atom stereocenters. The van der Waals surface area contributed by atoms with Crippen molar-refractivity contribution in [2.24, 2.45) is 0 Å². The summed E-state index contributed by atoms with van der Waals surface area (Å²) in [6.07, 6.45) is -14.4. The normalized spacial score (nSPS) is 28.5. The molecule has 3 aromatic carbocycles. The maximum Gasteiger partial charge on any atom is 0.338 e. The van der Waals surface area contributed by atoms with E-state index < -0.39 is 92.4 Å². The Morgan fingerprint density at radius 2 is 1.15 bits per heavy atom. The van der Waals surface area contributed by atoms with Crippen LogP contribution in [0.1, 0.15) is 38.0 Å². The Morgan fingerprint density at radius 3 is 1.62 bits per heavy atom. The zero-order valence-electron chi connectivity index (χ0n) is 25.6. The topological polar surface area (TPSA) is 194 Å². The zero-order chi connectivity index (χ0) is 34.2. The molecule has 14 heteroatoms. The number of rotatable bonds is 10. The van der Waals surface area contributed by atoms with E-state index in [4.69, 9.17) is 33.2 Å². The monoisotopic (exact) mass is 666 g/mol. The standard InChI is InChI=1S/C34H34O14/c1-19(36)43-27-25(37)23(17-35)44-33(41)28(27)48-34-29(47-32(40)22-15-9-4-10-16-22)26(46-31(39)21-13-7-3-8-14-21)24(18-42-34)45-30(38)20-11-5-2-6-12-20/h2-16,23-29,33-35,37,41H,17-18H2,1H3/t23-,24-,25-,26+,27+,28+,29-,33+,34+/m1/s1. The van der Waals surface area contributed by atoms with Crippen molar-refractivity contribution < 1.29 is 67.7 Å². The van der Waals surface area contributed by atoms with Gasteiger partial charge in [-0.25, -0.2) is 14.4 Å². The second-order valence-corrected chi connectivity index (χ2v) is 10.9. The predicted molar refractivity (Wildman–Crippen MR) is 161 cm³/mol. The predicted octanol–water partition coefficient (Wildman–Crippen LogP) is 1.41. The number of carbonyl (C=O) groups excluding carboxylic acids is 4. The molecule has 0 radical (unpaired) electrons. The molecule has 3 aromatic rings. The first-order valence-electron chi connectivity index (χ1n) is 15.0. The van der Waals surface area contributed by atoms with E-state index in [0.29, 0.717) is 0 Å². The third-order valence-corrected chi connectivity index (χ3v) is 7.57. The summed E-state index contributed by atoms with van der Waals surface area (Å²) in [4.78, 5) is 51.9. The molecule has 5 rings (SSSR count). The van der Waals surface area contributed by atoms with Gasteiger partial charge in [0.15, 0.2) is 43.1 Å². The van der Waals surface area contributed by atoms with Crippen molar-refractivity contribution >= 4 is 23.9 Å². The Kier molecular flexibility index (Phi) is 11.5. The zero-order valence-corrected chi connectivity index (χ0v) is 25.6. The number of aliphatic hydroxyl groups is 3. The summed E-state index contributed by atoms with van der Waals surface area (Å²) in [5.74, 6) is -3.40. The molecule has 2 aliphatic rings. The Labute approximate surface area is 274 Å². The van der Waals surface area contributed by atoms with Gasteiger partial charge in [-0.3, -0.25) is 4.79 Å². The molecule has 9 atom stereocenters. The smallest absolute Gasteiger partial charge is 0.338 e. The molecule has 2 aliphatic heterocycles. The second kappa shape index (κ2) is 15.9. The Morgan fingerprint density at radius 1 is 0.667 bits per heavy atom. The summed E-state index contributed by atoms with van der Waals surface area (Å²) in [5.41, 5.74) is 0.417. The van der Waals surface area contributed by atoms with Gasteiger partial charge in [0.05, 0.1) is 29.9 Å². The molecule has 3 N–H and O–H groups in total. The Balaban J connectivity index is 1.51. The van der Waals surface area contributed by atoms with Crippen LogP contribution in [0.2, 0.25) is 0 Å². The Bertz CT molecular complexity index is 1540. The van der Waals surface area contributed by atoms with Crippen LogP contribution in [-0.4, -0.2) is 108 Å². The maximum atomic E-state index is 13.4. The summed E-state index contributed by atoms with van der Waals surface area (Å²) >= 11 is 0. The van der Waals surface area contributed by atoms with E-state index in [1.165, 1.54) is 36.4 Å². The van der Waals surface area contributed by atoms with Gasteiger partial charge in [0.1, 0.15) is 12.2 Å². The van der Waals surface area contributed by atoms with Crippen LogP contribution in [0.3, 0.4) is 0 Å². The van der Waals surface area contributed by atoms with E-state index in [-0.39, 0.29) is 16.7 Å². The fraction of sp³-hybridized carbons (Fsp3) is 0.353. The van der Waals surface area contributed by atoms with Crippen LogP contribution in [-0.2, 0) is 38.0 Å². The lowest BCUT2D eigenvalue weighted by atomic mass is 9.98. The van der Waals surface area contributed by atoms with Crippen LogP contribution in [0.25, 0.3) is 0 Å². The van der Waals surface area contributed by atoms with E-state index in [1.54, 1.807) is 54.6 Å². The fourth-order valence-electron chi connectivity index (χ4n) is 5.22. The lowest BCUT2D eigenvalue weighted by Gasteiger charge is -2.45. The molecule has 0 saturated carbocycles. The van der Waals surface area contributed by atoms with Gasteiger partial charge in [0.2, 0.25) is 0 Å². The lowest BCUT2D eigenvalue weighted by Crippen LogP contribution is -2.64. The number of carbonyl (C=O) groups is 4. The van der Waals surface area contributed by atoms with Crippen LogP contribution in [0.5, 0.6) is 0 Å². The van der Waals surface area contributed by atoms with E-state index in [2.05, 4.69) is 0 Å². The molecular weight excluding hydrogens is 632 g/mol. The van der Waals surface area contributed by atoms with Crippen molar-refractivity contribution in [2.75, 3.05) is 13.2 Å². The second-order valence-electron chi connectivity index (χ2n) is 10.9. The van der Waals surface area contributed by atoms with Crippen LogP contribution in [0.15, 0.2) is 91.0 Å².